The van der Waals surface area contributed by atoms with Crippen molar-refractivity contribution >= 4 is 5.97 Å². The summed E-state index contributed by atoms with van der Waals surface area (Å²) in [6.07, 6.45) is 6.78. The SMILES string of the molecule is CCCCCCNC(CCC)C(=O)OCC. The number of carbonyl (C=O) groups is 1. The predicted molar refractivity (Wildman–Crippen MR) is 67.5 cm³/mol. The monoisotopic (exact) mass is 229 g/mol. The second-order valence-electron chi connectivity index (χ2n) is 4.11. The van der Waals surface area contributed by atoms with E-state index in [1.165, 1.54) is 19.3 Å². The Hall–Kier alpha value is -0.570. The minimum Gasteiger partial charge on any atom is -0.465 e. The molecule has 1 atom stereocenters. The second-order valence-corrected chi connectivity index (χ2v) is 4.11. The highest BCUT2D eigenvalue weighted by molar-refractivity contribution is 5.75. The summed E-state index contributed by atoms with van der Waals surface area (Å²) in [4.78, 5) is 11.6. The van der Waals surface area contributed by atoms with Gasteiger partial charge in [-0.1, -0.05) is 39.5 Å². The molecule has 0 heterocycles. The fraction of sp³-hybridized carbons (Fsp3) is 0.923. The van der Waals surface area contributed by atoms with Gasteiger partial charge in [0.2, 0.25) is 0 Å². The number of esters is 1. The van der Waals surface area contributed by atoms with E-state index in [-0.39, 0.29) is 12.0 Å². The predicted octanol–water partition coefficient (Wildman–Crippen LogP) is 2.89. The van der Waals surface area contributed by atoms with Crippen molar-refractivity contribution in [2.45, 2.75) is 65.3 Å². The first-order valence-electron chi connectivity index (χ1n) is 6.66. The Labute approximate surface area is 99.9 Å². The number of hydrogen-bond acceptors (Lipinski definition) is 3. The molecule has 0 aliphatic heterocycles. The summed E-state index contributed by atoms with van der Waals surface area (Å²) in [5, 5.41) is 3.29. The molecule has 1 unspecified atom stereocenters. The number of nitrogens with one attached hydrogen (secondary N) is 1. The fourth-order valence-corrected chi connectivity index (χ4v) is 1.66. The van der Waals surface area contributed by atoms with Crippen LogP contribution >= 0.6 is 0 Å². The number of ether oxygens (including phenoxy) is 1. The van der Waals surface area contributed by atoms with Crippen LogP contribution < -0.4 is 5.32 Å². The molecule has 0 aliphatic carbocycles. The average Bonchev–Trinajstić information content (AvgIpc) is 2.27. The lowest BCUT2D eigenvalue weighted by atomic mass is 10.1. The Bertz CT molecular complexity index is 171. The summed E-state index contributed by atoms with van der Waals surface area (Å²) < 4.78 is 5.03. The molecule has 3 nitrogen and oxygen atoms in total. The third-order valence-electron chi connectivity index (χ3n) is 2.57. The van der Waals surface area contributed by atoms with Gasteiger partial charge in [-0.2, -0.15) is 0 Å². The quantitative estimate of drug-likeness (QED) is 0.462. The van der Waals surface area contributed by atoms with E-state index < -0.39 is 0 Å². The van der Waals surface area contributed by atoms with Gasteiger partial charge in [-0.05, 0) is 26.3 Å². The Morgan fingerprint density at radius 3 is 2.44 bits per heavy atom. The van der Waals surface area contributed by atoms with Gasteiger partial charge in [0.25, 0.3) is 0 Å². The van der Waals surface area contributed by atoms with Crippen molar-refractivity contribution in [2.75, 3.05) is 13.2 Å². The van der Waals surface area contributed by atoms with E-state index in [1.807, 2.05) is 6.92 Å². The van der Waals surface area contributed by atoms with Crippen LogP contribution in [0.15, 0.2) is 0 Å². The van der Waals surface area contributed by atoms with Crippen molar-refractivity contribution < 1.29 is 9.53 Å². The first-order chi connectivity index (χ1) is 7.76. The van der Waals surface area contributed by atoms with E-state index in [2.05, 4.69) is 19.2 Å². The summed E-state index contributed by atoms with van der Waals surface area (Å²) in [5.74, 6) is -0.0974. The molecule has 0 spiro atoms. The summed E-state index contributed by atoms with van der Waals surface area (Å²) in [5.41, 5.74) is 0. The summed E-state index contributed by atoms with van der Waals surface area (Å²) in [6, 6.07) is -0.105. The topological polar surface area (TPSA) is 38.3 Å². The number of hydrogen-bond donors (Lipinski definition) is 1. The normalized spacial score (nSPS) is 12.4. The second kappa shape index (κ2) is 10.9. The maximum Gasteiger partial charge on any atom is 0.323 e. The van der Waals surface area contributed by atoms with E-state index in [4.69, 9.17) is 4.74 Å². The highest BCUT2D eigenvalue weighted by atomic mass is 16.5. The van der Waals surface area contributed by atoms with E-state index >= 15 is 0 Å². The van der Waals surface area contributed by atoms with Gasteiger partial charge < -0.3 is 10.1 Å². The largest absolute Gasteiger partial charge is 0.465 e. The van der Waals surface area contributed by atoms with Gasteiger partial charge >= 0.3 is 5.97 Å². The van der Waals surface area contributed by atoms with Crippen LogP contribution in [-0.4, -0.2) is 25.2 Å². The van der Waals surface area contributed by atoms with Crippen molar-refractivity contribution in [1.82, 2.24) is 5.32 Å². The zero-order chi connectivity index (χ0) is 12.2. The molecule has 0 saturated carbocycles. The van der Waals surface area contributed by atoms with Crippen molar-refractivity contribution in [2.24, 2.45) is 0 Å². The fourth-order valence-electron chi connectivity index (χ4n) is 1.66. The third kappa shape index (κ3) is 7.69. The third-order valence-corrected chi connectivity index (χ3v) is 2.57. The highest BCUT2D eigenvalue weighted by Crippen LogP contribution is 2.02. The van der Waals surface area contributed by atoms with Crippen LogP contribution in [-0.2, 0) is 9.53 Å². The van der Waals surface area contributed by atoms with Crippen LogP contribution in [0.5, 0.6) is 0 Å². The van der Waals surface area contributed by atoms with Gasteiger partial charge in [0.1, 0.15) is 6.04 Å². The highest BCUT2D eigenvalue weighted by Gasteiger charge is 2.17. The molecule has 16 heavy (non-hydrogen) atoms. The minimum absolute atomic E-state index is 0.0974. The van der Waals surface area contributed by atoms with Crippen molar-refractivity contribution in [3.8, 4) is 0 Å². The van der Waals surface area contributed by atoms with E-state index in [0.29, 0.717) is 6.61 Å². The Morgan fingerprint density at radius 2 is 1.88 bits per heavy atom. The van der Waals surface area contributed by atoms with Crippen LogP contribution in [0.25, 0.3) is 0 Å². The zero-order valence-corrected chi connectivity index (χ0v) is 11.1. The molecule has 0 rings (SSSR count). The molecule has 0 radical (unpaired) electrons. The van der Waals surface area contributed by atoms with Crippen LogP contribution in [0.3, 0.4) is 0 Å². The van der Waals surface area contributed by atoms with E-state index in [9.17, 15) is 4.79 Å². The Kier molecular flexibility index (Phi) is 10.5. The number of carbonyl (C=O) groups excluding carboxylic acids is 1. The van der Waals surface area contributed by atoms with E-state index in [0.717, 1.165) is 25.8 Å². The maximum atomic E-state index is 11.6. The van der Waals surface area contributed by atoms with Crippen LogP contribution in [0.4, 0.5) is 0 Å². The van der Waals surface area contributed by atoms with Gasteiger partial charge in [0.15, 0.2) is 0 Å². The Balaban J connectivity index is 3.71. The van der Waals surface area contributed by atoms with E-state index in [1.54, 1.807) is 0 Å². The zero-order valence-electron chi connectivity index (χ0n) is 11.1. The van der Waals surface area contributed by atoms with Gasteiger partial charge in [-0.15, -0.1) is 0 Å². The first-order valence-corrected chi connectivity index (χ1v) is 6.66. The molecule has 1 N–H and O–H groups in total. The van der Waals surface area contributed by atoms with Gasteiger partial charge in [0.05, 0.1) is 6.61 Å². The first kappa shape index (κ1) is 15.4. The van der Waals surface area contributed by atoms with Crippen LogP contribution in [0, 0.1) is 0 Å². The molecule has 0 aromatic carbocycles. The van der Waals surface area contributed by atoms with Gasteiger partial charge in [0, 0.05) is 0 Å². The lowest BCUT2D eigenvalue weighted by Gasteiger charge is -2.16. The van der Waals surface area contributed by atoms with Crippen molar-refractivity contribution in [3.05, 3.63) is 0 Å². The molecule has 0 aromatic rings. The van der Waals surface area contributed by atoms with Crippen LogP contribution in [0.1, 0.15) is 59.3 Å². The summed E-state index contributed by atoms with van der Waals surface area (Å²) in [7, 11) is 0. The maximum absolute atomic E-state index is 11.6. The Morgan fingerprint density at radius 1 is 1.12 bits per heavy atom. The molecular weight excluding hydrogens is 202 g/mol. The summed E-state index contributed by atoms with van der Waals surface area (Å²) >= 11 is 0. The molecule has 0 fully saturated rings. The number of rotatable bonds is 10. The van der Waals surface area contributed by atoms with Crippen molar-refractivity contribution in [1.29, 1.82) is 0 Å². The molecular formula is C13H27NO2. The summed E-state index contributed by atoms with van der Waals surface area (Å²) in [6.45, 7) is 7.53. The minimum atomic E-state index is -0.105. The molecule has 0 amide bonds. The lowest BCUT2D eigenvalue weighted by Crippen LogP contribution is -2.38. The molecule has 0 saturated heterocycles. The molecule has 0 aromatic heterocycles. The molecule has 96 valence electrons. The standard InChI is InChI=1S/C13H27NO2/c1-4-7-8-9-11-14-12(10-5-2)13(15)16-6-3/h12,14H,4-11H2,1-3H3. The number of unbranched alkanes of at least 4 members (excludes halogenated alkanes) is 3. The van der Waals surface area contributed by atoms with Crippen molar-refractivity contribution in [3.63, 3.8) is 0 Å². The smallest absolute Gasteiger partial charge is 0.323 e. The van der Waals surface area contributed by atoms with Gasteiger partial charge in [-0.25, -0.2) is 0 Å². The average molecular weight is 229 g/mol. The molecule has 3 heteroatoms. The van der Waals surface area contributed by atoms with Crippen LogP contribution in [0.2, 0.25) is 0 Å². The lowest BCUT2D eigenvalue weighted by molar-refractivity contribution is -0.145. The van der Waals surface area contributed by atoms with Gasteiger partial charge in [-0.3, -0.25) is 4.79 Å². The molecule has 0 bridgehead atoms. The molecule has 0 aliphatic rings.